The monoisotopic (exact) mass is 247 g/mol. The van der Waals surface area contributed by atoms with E-state index in [4.69, 9.17) is 4.74 Å². The lowest BCUT2D eigenvalue weighted by atomic mass is 10.3. The summed E-state index contributed by atoms with van der Waals surface area (Å²) in [5.41, 5.74) is 1.64. The lowest BCUT2D eigenvalue weighted by molar-refractivity contribution is 0.0514. The smallest absolute Gasteiger partial charge is 0.354 e. The molecular weight excluding hydrogens is 230 g/mol. The Morgan fingerprint density at radius 2 is 2.28 bits per heavy atom. The minimum absolute atomic E-state index is 0.287. The Labute approximate surface area is 106 Å². The molecule has 0 unspecified atom stereocenters. The molecule has 2 heterocycles. The Morgan fingerprint density at radius 1 is 1.44 bits per heavy atom. The average Bonchev–Trinajstić information content (AvgIpc) is 2.99. The summed E-state index contributed by atoms with van der Waals surface area (Å²) in [6, 6.07) is 3.61. The van der Waals surface area contributed by atoms with E-state index in [9.17, 15) is 4.79 Å². The molecule has 0 spiro atoms. The van der Waals surface area contributed by atoms with Gasteiger partial charge in [0.25, 0.3) is 0 Å². The maximum Gasteiger partial charge on any atom is 0.354 e. The lowest BCUT2D eigenvalue weighted by Gasteiger charge is -2.06. The minimum Gasteiger partial charge on any atom is -0.461 e. The van der Waals surface area contributed by atoms with Crippen LogP contribution in [0.3, 0.4) is 0 Å². The van der Waals surface area contributed by atoms with Crippen molar-refractivity contribution in [3.8, 4) is 0 Å². The van der Waals surface area contributed by atoms with Crippen LogP contribution < -0.4 is 0 Å². The van der Waals surface area contributed by atoms with Gasteiger partial charge in [0, 0.05) is 24.5 Å². The molecular formula is C13H17N3O2. The van der Waals surface area contributed by atoms with Gasteiger partial charge in [0.15, 0.2) is 0 Å². The maximum absolute atomic E-state index is 11.7. The van der Waals surface area contributed by atoms with Crippen LogP contribution in [0.4, 0.5) is 0 Å². The first-order valence-corrected chi connectivity index (χ1v) is 6.08. The zero-order valence-electron chi connectivity index (χ0n) is 10.7. The molecule has 0 amide bonds. The predicted octanol–water partition coefficient (Wildman–Crippen LogP) is 1.93. The fourth-order valence-electron chi connectivity index (χ4n) is 1.80. The van der Waals surface area contributed by atoms with Crippen LogP contribution in [0.1, 0.15) is 29.9 Å². The van der Waals surface area contributed by atoms with Crippen molar-refractivity contribution in [1.82, 2.24) is 14.3 Å². The summed E-state index contributed by atoms with van der Waals surface area (Å²) in [6.45, 7) is 5.70. The van der Waals surface area contributed by atoms with Gasteiger partial charge in [-0.05, 0) is 26.0 Å². The van der Waals surface area contributed by atoms with E-state index in [1.54, 1.807) is 13.0 Å². The zero-order valence-corrected chi connectivity index (χ0v) is 10.7. The van der Waals surface area contributed by atoms with E-state index >= 15 is 0 Å². The number of hydrogen-bond donors (Lipinski definition) is 0. The number of nitrogens with zero attached hydrogens (tertiary/aromatic N) is 3. The third-order valence-corrected chi connectivity index (χ3v) is 2.68. The van der Waals surface area contributed by atoms with Gasteiger partial charge in [-0.3, -0.25) is 4.68 Å². The lowest BCUT2D eigenvalue weighted by Crippen LogP contribution is -2.12. The molecule has 0 aromatic carbocycles. The number of aromatic nitrogens is 3. The van der Waals surface area contributed by atoms with E-state index < -0.39 is 0 Å². The van der Waals surface area contributed by atoms with Gasteiger partial charge in [-0.15, -0.1) is 0 Å². The van der Waals surface area contributed by atoms with Crippen LogP contribution in [0.25, 0.3) is 0 Å². The van der Waals surface area contributed by atoms with Crippen LogP contribution in [0.2, 0.25) is 0 Å². The third-order valence-electron chi connectivity index (χ3n) is 2.68. The Bertz CT molecular complexity index is 528. The normalized spacial score (nSPS) is 10.6. The van der Waals surface area contributed by atoms with Crippen LogP contribution in [0.5, 0.6) is 0 Å². The van der Waals surface area contributed by atoms with Crippen molar-refractivity contribution in [2.24, 2.45) is 0 Å². The largest absolute Gasteiger partial charge is 0.461 e. The molecule has 0 aliphatic rings. The number of ether oxygens (including phenoxy) is 1. The molecule has 2 aromatic rings. The van der Waals surface area contributed by atoms with Crippen molar-refractivity contribution in [1.29, 1.82) is 0 Å². The van der Waals surface area contributed by atoms with E-state index in [0.717, 1.165) is 12.1 Å². The van der Waals surface area contributed by atoms with Crippen molar-refractivity contribution >= 4 is 5.97 Å². The topological polar surface area (TPSA) is 49.1 Å². The highest BCUT2D eigenvalue weighted by atomic mass is 16.5. The van der Waals surface area contributed by atoms with Gasteiger partial charge in [-0.2, -0.15) is 5.10 Å². The van der Waals surface area contributed by atoms with Gasteiger partial charge >= 0.3 is 5.97 Å². The van der Waals surface area contributed by atoms with Crippen LogP contribution in [0.15, 0.2) is 30.7 Å². The van der Waals surface area contributed by atoms with Crippen molar-refractivity contribution in [3.63, 3.8) is 0 Å². The van der Waals surface area contributed by atoms with Gasteiger partial charge in [-0.1, -0.05) is 0 Å². The van der Waals surface area contributed by atoms with E-state index in [1.165, 1.54) is 0 Å². The number of rotatable bonds is 5. The second-order valence-electron chi connectivity index (χ2n) is 3.95. The van der Waals surface area contributed by atoms with Gasteiger partial charge in [0.05, 0.1) is 19.3 Å². The Morgan fingerprint density at radius 3 is 2.94 bits per heavy atom. The molecule has 5 nitrogen and oxygen atoms in total. The highest BCUT2D eigenvalue weighted by molar-refractivity contribution is 5.87. The molecule has 0 aliphatic heterocycles. The van der Waals surface area contributed by atoms with Crippen LogP contribution in [-0.2, 0) is 17.8 Å². The van der Waals surface area contributed by atoms with E-state index in [0.29, 0.717) is 18.8 Å². The standard InChI is InChI=1S/C13H17N3O2/c1-3-16-10-11(8-14-16)9-15-7-5-6-12(15)13(17)18-4-2/h5-8,10H,3-4,9H2,1-2H3. The summed E-state index contributed by atoms with van der Waals surface area (Å²) in [5.74, 6) is -0.287. The molecule has 0 aliphatic carbocycles. The maximum atomic E-state index is 11.7. The number of carbonyl (C=O) groups is 1. The Balaban J connectivity index is 2.14. The van der Waals surface area contributed by atoms with Crippen molar-refractivity contribution in [2.45, 2.75) is 26.9 Å². The van der Waals surface area contributed by atoms with Crippen LogP contribution in [0, 0.1) is 0 Å². The summed E-state index contributed by atoms with van der Waals surface area (Å²) in [7, 11) is 0. The molecule has 5 heteroatoms. The molecule has 0 bridgehead atoms. The van der Waals surface area contributed by atoms with Crippen molar-refractivity contribution in [2.75, 3.05) is 6.61 Å². The Hall–Kier alpha value is -2.04. The molecule has 0 N–H and O–H groups in total. The van der Waals surface area contributed by atoms with E-state index in [2.05, 4.69) is 5.10 Å². The second kappa shape index (κ2) is 5.53. The summed E-state index contributed by atoms with van der Waals surface area (Å²) in [6.07, 6.45) is 5.67. The first kappa shape index (κ1) is 12.4. The van der Waals surface area contributed by atoms with Gasteiger partial charge in [-0.25, -0.2) is 4.79 Å². The highest BCUT2D eigenvalue weighted by Gasteiger charge is 2.12. The summed E-state index contributed by atoms with van der Waals surface area (Å²) >= 11 is 0. The predicted molar refractivity (Wildman–Crippen MR) is 67.4 cm³/mol. The summed E-state index contributed by atoms with van der Waals surface area (Å²) in [5, 5.41) is 4.21. The molecule has 0 radical (unpaired) electrons. The molecule has 0 saturated heterocycles. The first-order chi connectivity index (χ1) is 8.74. The zero-order chi connectivity index (χ0) is 13.0. The van der Waals surface area contributed by atoms with Crippen LogP contribution >= 0.6 is 0 Å². The third kappa shape index (κ3) is 2.61. The van der Waals surface area contributed by atoms with Gasteiger partial charge in [0.2, 0.25) is 0 Å². The molecule has 0 atom stereocenters. The molecule has 0 saturated carbocycles. The van der Waals surface area contributed by atoms with E-state index in [-0.39, 0.29) is 5.97 Å². The molecule has 96 valence electrons. The average molecular weight is 247 g/mol. The quantitative estimate of drug-likeness (QED) is 0.758. The molecule has 18 heavy (non-hydrogen) atoms. The highest BCUT2D eigenvalue weighted by Crippen LogP contribution is 2.09. The number of hydrogen-bond acceptors (Lipinski definition) is 3. The summed E-state index contributed by atoms with van der Waals surface area (Å²) in [4.78, 5) is 11.7. The molecule has 2 aromatic heterocycles. The van der Waals surface area contributed by atoms with Gasteiger partial charge in [0.1, 0.15) is 5.69 Å². The molecule has 2 rings (SSSR count). The first-order valence-electron chi connectivity index (χ1n) is 6.08. The number of esters is 1. The molecule has 0 fully saturated rings. The second-order valence-corrected chi connectivity index (χ2v) is 3.95. The van der Waals surface area contributed by atoms with Gasteiger partial charge < -0.3 is 9.30 Å². The van der Waals surface area contributed by atoms with Crippen molar-refractivity contribution in [3.05, 3.63) is 42.0 Å². The number of carbonyl (C=O) groups excluding carboxylic acids is 1. The van der Waals surface area contributed by atoms with E-state index in [1.807, 2.05) is 40.8 Å². The minimum atomic E-state index is -0.287. The summed E-state index contributed by atoms with van der Waals surface area (Å²) < 4.78 is 8.74. The number of aryl methyl sites for hydroxylation is 1. The van der Waals surface area contributed by atoms with Crippen molar-refractivity contribution < 1.29 is 9.53 Å². The van der Waals surface area contributed by atoms with Crippen LogP contribution in [-0.4, -0.2) is 26.9 Å². The SMILES string of the molecule is CCOC(=O)c1cccn1Cc1cnn(CC)c1. The Kier molecular flexibility index (Phi) is 3.82. The fraction of sp³-hybridized carbons (Fsp3) is 0.385. The fourth-order valence-corrected chi connectivity index (χ4v) is 1.80.